The lowest BCUT2D eigenvalue weighted by Crippen LogP contribution is -2.45. The van der Waals surface area contributed by atoms with E-state index in [1.54, 1.807) is 0 Å². The van der Waals surface area contributed by atoms with Crippen LogP contribution in [0, 0.1) is 0 Å². The molecule has 1 saturated heterocycles. The minimum absolute atomic E-state index is 0.00588. The first-order chi connectivity index (χ1) is 15.4. The summed E-state index contributed by atoms with van der Waals surface area (Å²) in [4.78, 5) is 0. The van der Waals surface area contributed by atoms with Gasteiger partial charge in [-0.1, -0.05) is 91.0 Å². The Hall–Kier alpha value is -2.50. The third kappa shape index (κ3) is 7.01. The van der Waals surface area contributed by atoms with E-state index in [1.807, 2.05) is 54.6 Å². The number of ether oxygens (including phenoxy) is 4. The van der Waals surface area contributed by atoms with Gasteiger partial charge in [-0.25, -0.2) is 0 Å². The van der Waals surface area contributed by atoms with E-state index in [-0.39, 0.29) is 18.3 Å². The molecule has 162 valence electrons. The average molecular weight is 419 g/mol. The van der Waals surface area contributed by atoms with Crippen molar-refractivity contribution in [2.45, 2.75) is 44.6 Å². The molecule has 0 bridgehead atoms. The van der Waals surface area contributed by atoms with Gasteiger partial charge in [0, 0.05) is 6.42 Å². The minimum Gasteiger partial charge on any atom is -0.374 e. The topological polar surface area (TPSA) is 36.9 Å². The summed E-state index contributed by atoms with van der Waals surface area (Å²) in [6.45, 7) is 2.75. The van der Waals surface area contributed by atoms with E-state index in [9.17, 15) is 0 Å². The molecule has 0 aliphatic carbocycles. The maximum atomic E-state index is 6.28. The van der Waals surface area contributed by atoms with E-state index in [0.29, 0.717) is 33.0 Å². The van der Waals surface area contributed by atoms with Crippen LogP contribution in [0.3, 0.4) is 0 Å². The first-order valence-electron chi connectivity index (χ1n) is 10.9. The van der Waals surface area contributed by atoms with Crippen molar-refractivity contribution >= 4 is 0 Å². The van der Waals surface area contributed by atoms with Crippen LogP contribution in [0.1, 0.15) is 23.1 Å². The van der Waals surface area contributed by atoms with Gasteiger partial charge in [-0.3, -0.25) is 0 Å². The van der Waals surface area contributed by atoms with Gasteiger partial charge < -0.3 is 18.9 Å². The van der Waals surface area contributed by atoms with Crippen LogP contribution in [0.4, 0.5) is 0 Å². The maximum absolute atomic E-state index is 6.28. The molecule has 3 aromatic carbocycles. The molecule has 4 rings (SSSR count). The van der Waals surface area contributed by atoms with Crippen LogP contribution in [0.25, 0.3) is 0 Å². The Morgan fingerprint density at radius 3 is 1.74 bits per heavy atom. The summed E-state index contributed by atoms with van der Waals surface area (Å²) in [5, 5.41) is 0. The molecule has 0 N–H and O–H groups in total. The molecule has 3 aromatic rings. The van der Waals surface area contributed by atoms with Crippen LogP contribution < -0.4 is 0 Å². The Balaban J connectivity index is 1.31. The average Bonchev–Trinajstić information content (AvgIpc) is 2.84. The smallest absolute Gasteiger partial charge is 0.107 e. The van der Waals surface area contributed by atoms with Gasteiger partial charge in [-0.15, -0.1) is 0 Å². The Bertz CT molecular complexity index is 870. The van der Waals surface area contributed by atoms with Crippen LogP contribution in [-0.4, -0.2) is 31.5 Å². The molecule has 0 aromatic heterocycles. The largest absolute Gasteiger partial charge is 0.374 e. The van der Waals surface area contributed by atoms with Crippen LogP contribution in [0.15, 0.2) is 91.0 Å². The molecule has 3 atom stereocenters. The van der Waals surface area contributed by atoms with Gasteiger partial charge in [0.2, 0.25) is 0 Å². The maximum Gasteiger partial charge on any atom is 0.107 e. The normalized spacial score (nSPS) is 21.1. The molecule has 1 fully saturated rings. The lowest BCUT2D eigenvalue weighted by molar-refractivity contribution is -0.181. The molecular weight excluding hydrogens is 388 g/mol. The van der Waals surface area contributed by atoms with Gasteiger partial charge in [-0.2, -0.15) is 0 Å². The summed E-state index contributed by atoms with van der Waals surface area (Å²) in [5.41, 5.74) is 3.47. The number of rotatable bonds is 10. The molecule has 0 saturated carbocycles. The van der Waals surface area contributed by atoms with Gasteiger partial charge in [0.25, 0.3) is 0 Å². The zero-order chi connectivity index (χ0) is 21.1. The van der Waals surface area contributed by atoms with Crippen molar-refractivity contribution in [1.29, 1.82) is 0 Å². The van der Waals surface area contributed by atoms with E-state index >= 15 is 0 Å². The van der Waals surface area contributed by atoms with E-state index in [1.165, 1.54) is 0 Å². The van der Waals surface area contributed by atoms with Crippen molar-refractivity contribution in [3.05, 3.63) is 108 Å². The predicted octanol–water partition coefficient (Wildman–Crippen LogP) is 5.16. The molecular formula is C27H30O4. The molecule has 0 unspecified atom stereocenters. The van der Waals surface area contributed by atoms with Crippen molar-refractivity contribution in [2.24, 2.45) is 0 Å². The van der Waals surface area contributed by atoms with Crippen LogP contribution in [0.5, 0.6) is 0 Å². The summed E-state index contributed by atoms with van der Waals surface area (Å²) in [7, 11) is 0. The monoisotopic (exact) mass is 418 g/mol. The Kier molecular flexibility index (Phi) is 8.25. The van der Waals surface area contributed by atoms with Crippen LogP contribution in [-0.2, 0) is 38.8 Å². The highest BCUT2D eigenvalue weighted by Crippen LogP contribution is 2.23. The Morgan fingerprint density at radius 1 is 0.645 bits per heavy atom. The Morgan fingerprint density at radius 2 is 1.16 bits per heavy atom. The first kappa shape index (κ1) is 21.7. The fraction of sp³-hybridized carbons (Fsp3) is 0.333. The highest BCUT2D eigenvalue weighted by molar-refractivity contribution is 5.15. The van der Waals surface area contributed by atoms with Gasteiger partial charge in [0.15, 0.2) is 0 Å². The number of hydrogen-bond acceptors (Lipinski definition) is 4. The van der Waals surface area contributed by atoms with Crippen LogP contribution in [0.2, 0.25) is 0 Å². The molecule has 31 heavy (non-hydrogen) atoms. The second-order valence-corrected chi connectivity index (χ2v) is 7.86. The Labute approximate surface area is 184 Å². The summed E-state index contributed by atoms with van der Waals surface area (Å²) in [5.74, 6) is 0. The molecule has 0 spiro atoms. The highest BCUT2D eigenvalue weighted by atomic mass is 16.6. The number of hydrogen-bond donors (Lipinski definition) is 0. The fourth-order valence-electron chi connectivity index (χ4n) is 3.70. The quantitative estimate of drug-likeness (QED) is 0.456. The standard InChI is InChI=1S/C27H30O4/c1-4-10-22(11-5-1)17-28-21-27-26(30-19-24-14-8-3-9-15-24)16-25(20-31-27)29-18-23-12-6-2-7-13-23/h1-15,25-27H,16-21H2/t25-,26+,27-/m1/s1. The molecule has 0 amide bonds. The molecule has 0 radical (unpaired) electrons. The fourth-order valence-corrected chi connectivity index (χ4v) is 3.70. The molecule has 1 aliphatic heterocycles. The van der Waals surface area contributed by atoms with E-state index in [0.717, 1.165) is 23.1 Å². The SMILES string of the molecule is c1ccc(COC[C@H]2OC[C@H](OCc3ccccc3)C[C@@H]2OCc2ccccc2)cc1. The van der Waals surface area contributed by atoms with E-state index in [4.69, 9.17) is 18.9 Å². The van der Waals surface area contributed by atoms with Gasteiger partial charge in [0.05, 0.1) is 45.2 Å². The molecule has 4 nitrogen and oxygen atoms in total. The third-order valence-corrected chi connectivity index (χ3v) is 5.44. The predicted molar refractivity (Wildman–Crippen MR) is 120 cm³/mol. The van der Waals surface area contributed by atoms with Crippen molar-refractivity contribution in [2.75, 3.05) is 13.2 Å². The zero-order valence-corrected chi connectivity index (χ0v) is 17.8. The number of benzene rings is 3. The second-order valence-electron chi connectivity index (χ2n) is 7.86. The zero-order valence-electron chi connectivity index (χ0n) is 17.8. The van der Waals surface area contributed by atoms with Crippen molar-refractivity contribution in [3.8, 4) is 0 Å². The van der Waals surface area contributed by atoms with Crippen molar-refractivity contribution < 1.29 is 18.9 Å². The molecule has 1 heterocycles. The summed E-state index contributed by atoms with van der Waals surface area (Å²) >= 11 is 0. The minimum atomic E-state index is -0.107. The van der Waals surface area contributed by atoms with E-state index in [2.05, 4.69) is 36.4 Å². The third-order valence-electron chi connectivity index (χ3n) is 5.44. The lowest BCUT2D eigenvalue weighted by atomic mass is 10.0. The van der Waals surface area contributed by atoms with Gasteiger partial charge in [0.1, 0.15) is 6.10 Å². The van der Waals surface area contributed by atoms with Crippen molar-refractivity contribution in [3.63, 3.8) is 0 Å². The lowest BCUT2D eigenvalue weighted by Gasteiger charge is -2.36. The van der Waals surface area contributed by atoms with Crippen LogP contribution >= 0.6 is 0 Å². The summed E-state index contributed by atoms with van der Waals surface area (Å²) in [6.07, 6.45) is 0.611. The second kappa shape index (κ2) is 11.8. The molecule has 1 aliphatic rings. The summed E-state index contributed by atoms with van der Waals surface area (Å²) in [6, 6.07) is 30.7. The van der Waals surface area contributed by atoms with Gasteiger partial charge >= 0.3 is 0 Å². The summed E-state index contributed by atoms with van der Waals surface area (Å²) < 4.78 is 24.5. The van der Waals surface area contributed by atoms with Crippen molar-refractivity contribution in [1.82, 2.24) is 0 Å². The van der Waals surface area contributed by atoms with E-state index < -0.39 is 0 Å². The van der Waals surface area contributed by atoms with Gasteiger partial charge in [-0.05, 0) is 16.7 Å². The highest BCUT2D eigenvalue weighted by Gasteiger charge is 2.33. The first-order valence-corrected chi connectivity index (χ1v) is 10.9. The molecule has 4 heteroatoms.